The Hall–Kier alpha value is -2.89. The van der Waals surface area contributed by atoms with Gasteiger partial charge in [-0.25, -0.2) is 4.39 Å². The predicted molar refractivity (Wildman–Crippen MR) is 127 cm³/mol. The molecule has 2 aromatic carbocycles. The molecule has 1 atom stereocenters. The van der Waals surface area contributed by atoms with E-state index in [-0.39, 0.29) is 42.2 Å². The summed E-state index contributed by atoms with van der Waals surface area (Å²) < 4.78 is 19.1. The monoisotopic (exact) mass is 454 g/mol. The van der Waals surface area contributed by atoms with Crippen LogP contribution < -0.4 is 10.1 Å². The summed E-state index contributed by atoms with van der Waals surface area (Å²) in [7, 11) is 0. The molecule has 5 nitrogen and oxygen atoms in total. The maximum Gasteiger partial charge on any atom is 0.261 e. The lowest BCUT2D eigenvalue weighted by Crippen LogP contribution is -2.50. The van der Waals surface area contributed by atoms with E-state index in [1.54, 1.807) is 19.1 Å². The summed E-state index contributed by atoms with van der Waals surface area (Å²) in [6, 6.07) is 13.2. The van der Waals surface area contributed by atoms with E-state index in [4.69, 9.17) is 4.74 Å². The van der Waals surface area contributed by atoms with Crippen LogP contribution in [0.2, 0.25) is 0 Å². The molecule has 0 saturated heterocycles. The van der Waals surface area contributed by atoms with Crippen LogP contribution in [0.3, 0.4) is 0 Å². The Morgan fingerprint density at radius 2 is 1.67 bits per heavy atom. The minimum absolute atomic E-state index is 0.0302. The lowest BCUT2D eigenvalue weighted by molar-refractivity contribution is -0.142. The first-order valence-corrected chi connectivity index (χ1v) is 11.7. The molecule has 1 aliphatic carbocycles. The molecule has 1 fully saturated rings. The van der Waals surface area contributed by atoms with Gasteiger partial charge in [-0.15, -0.1) is 0 Å². The molecule has 1 saturated carbocycles. The number of hydrogen-bond acceptors (Lipinski definition) is 3. The average molecular weight is 455 g/mol. The lowest BCUT2D eigenvalue weighted by Gasteiger charge is -2.29. The number of carbonyl (C=O) groups is 2. The van der Waals surface area contributed by atoms with E-state index in [1.165, 1.54) is 22.6 Å². The Morgan fingerprint density at radius 1 is 1.06 bits per heavy atom. The molecule has 0 aliphatic heterocycles. The first-order valence-electron chi connectivity index (χ1n) is 11.7. The fourth-order valence-corrected chi connectivity index (χ4v) is 4.04. The van der Waals surface area contributed by atoms with E-state index >= 15 is 0 Å². The molecule has 1 N–H and O–H groups in total. The molecular weight excluding hydrogens is 419 g/mol. The zero-order valence-electron chi connectivity index (χ0n) is 20.1. The van der Waals surface area contributed by atoms with Crippen molar-refractivity contribution in [1.82, 2.24) is 10.2 Å². The Labute approximate surface area is 196 Å². The third kappa shape index (κ3) is 7.04. The molecule has 2 amide bonds. The van der Waals surface area contributed by atoms with Crippen LogP contribution >= 0.6 is 0 Å². The zero-order chi connectivity index (χ0) is 24.0. The summed E-state index contributed by atoms with van der Waals surface area (Å²) in [5.74, 6) is -0.216. The highest BCUT2D eigenvalue weighted by molar-refractivity contribution is 5.88. The van der Waals surface area contributed by atoms with Crippen LogP contribution in [0.25, 0.3) is 0 Å². The number of nitrogens with zero attached hydrogens (tertiary/aromatic N) is 1. The van der Waals surface area contributed by atoms with E-state index in [2.05, 4.69) is 26.1 Å². The topological polar surface area (TPSA) is 58.6 Å². The predicted octanol–water partition coefficient (Wildman–Crippen LogP) is 4.98. The summed E-state index contributed by atoms with van der Waals surface area (Å²) in [6.07, 6.45) is 4.16. The van der Waals surface area contributed by atoms with Crippen molar-refractivity contribution < 1.29 is 18.7 Å². The Morgan fingerprint density at radius 3 is 2.24 bits per heavy atom. The summed E-state index contributed by atoms with van der Waals surface area (Å²) in [4.78, 5) is 27.5. The van der Waals surface area contributed by atoms with Crippen molar-refractivity contribution in [2.75, 3.05) is 6.61 Å². The van der Waals surface area contributed by atoms with Gasteiger partial charge in [-0.05, 0) is 60.6 Å². The number of rotatable bonds is 8. The van der Waals surface area contributed by atoms with E-state index < -0.39 is 6.04 Å². The molecule has 33 heavy (non-hydrogen) atoms. The van der Waals surface area contributed by atoms with Gasteiger partial charge in [0, 0.05) is 12.6 Å². The van der Waals surface area contributed by atoms with E-state index in [0.717, 1.165) is 31.2 Å². The van der Waals surface area contributed by atoms with Crippen molar-refractivity contribution >= 4 is 11.8 Å². The van der Waals surface area contributed by atoms with Crippen molar-refractivity contribution in [3.05, 3.63) is 65.5 Å². The number of amides is 2. The molecule has 0 spiro atoms. The van der Waals surface area contributed by atoms with Gasteiger partial charge in [-0.3, -0.25) is 9.59 Å². The van der Waals surface area contributed by atoms with E-state index in [1.807, 2.05) is 24.3 Å². The van der Waals surface area contributed by atoms with Crippen molar-refractivity contribution in [2.24, 2.45) is 0 Å². The Balaban J connectivity index is 1.69. The molecule has 2 aromatic rings. The maximum atomic E-state index is 13.3. The highest BCUT2D eigenvalue weighted by Crippen LogP contribution is 2.24. The summed E-state index contributed by atoms with van der Waals surface area (Å²) >= 11 is 0. The number of halogens is 1. The highest BCUT2D eigenvalue weighted by Gasteiger charge is 2.28. The number of carbonyl (C=O) groups excluding carboxylic acids is 2. The fraction of sp³-hybridized carbons (Fsp3) is 0.481. The van der Waals surface area contributed by atoms with Crippen LogP contribution in [-0.2, 0) is 21.5 Å². The van der Waals surface area contributed by atoms with Crippen molar-refractivity contribution in [2.45, 2.75) is 77.4 Å². The van der Waals surface area contributed by atoms with E-state index in [0.29, 0.717) is 5.75 Å². The van der Waals surface area contributed by atoms with Gasteiger partial charge in [0.2, 0.25) is 5.91 Å². The fourth-order valence-electron chi connectivity index (χ4n) is 4.04. The van der Waals surface area contributed by atoms with Crippen LogP contribution in [-0.4, -0.2) is 35.4 Å². The van der Waals surface area contributed by atoms with Gasteiger partial charge in [0.15, 0.2) is 6.61 Å². The van der Waals surface area contributed by atoms with Crippen LogP contribution in [0.1, 0.15) is 64.5 Å². The van der Waals surface area contributed by atoms with Gasteiger partial charge in [0.25, 0.3) is 5.91 Å². The molecular formula is C27H35FN2O3. The Bertz CT molecular complexity index is 929. The van der Waals surface area contributed by atoms with Gasteiger partial charge >= 0.3 is 0 Å². The first-order chi connectivity index (χ1) is 15.6. The van der Waals surface area contributed by atoms with E-state index in [9.17, 15) is 14.0 Å². The van der Waals surface area contributed by atoms with Crippen molar-refractivity contribution in [3.8, 4) is 5.75 Å². The number of benzene rings is 2. The minimum atomic E-state index is -0.671. The highest BCUT2D eigenvalue weighted by atomic mass is 19.1. The molecule has 0 bridgehead atoms. The number of ether oxygens (including phenoxy) is 1. The second-order valence-corrected chi connectivity index (χ2v) is 9.88. The summed E-state index contributed by atoms with van der Waals surface area (Å²) in [5, 5.41) is 3.07. The molecule has 6 heteroatoms. The van der Waals surface area contributed by atoms with Crippen LogP contribution in [0.4, 0.5) is 4.39 Å². The Kier molecular flexibility index (Phi) is 8.11. The van der Waals surface area contributed by atoms with Crippen LogP contribution in [0.5, 0.6) is 5.75 Å². The minimum Gasteiger partial charge on any atom is -0.484 e. The van der Waals surface area contributed by atoms with Crippen molar-refractivity contribution in [3.63, 3.8) is 0 Å². The molecule has 178 valence electrons. The largest absolute Gasteiger partial charge is 0.484 e. The summed E-state index contributed by atoms with van der Waals surface area (Å²) in [5.41, 5.74) is 1.96. The van der Waals surface area contributed by atoms with Gasteiger partial charge in [-0.2, -0.15) is 0 Å². The average Bonchev–Trinajstić information content (AvgIpc) is 3.29. The van der Waals surface area contributed by atoms with Crippen LogP contribution in [0.15, 0.2) is 48.5 Å². The quantitative estimate of drug-likeness (QED) is 0.612. The SMILES string of the molecule is C[C@H](C(=O)NC1CCCC1)N(Cc1ccc(F)cc1)C(=O)COc1ccc(C(C)(C)C)cc1. The van der Waals surface area contributed by atoms with Crippen LogP contribution in [0, 0.1) is 5.82 Å². The third-order valence-corrected chi connectivity index (χ3v) is 6.22. The number of hydrogen-bond donors (Lipinski definition) is 1. The maximum absolute atomic E-state index is 13.3. The standard InChI is InChI=1S/C27H35FN2O3/c1-19(26(32)29-23-7-5-6-8-23)30(17-20-9-13-22(28)14-10-20)25(31)18-33-24-15-11-21(12-16-24)27(2,3)4/h9-16,19,23H,5-8,17-18H2,1-4H3,(H,29,32)/t19-/m1/s1. The number of nitrogens with one attached hydrogen (secondary N) is 1. The second kappa shape index (κ2) is 10.8. The molecule has 0 heterocycles. The zero-order valence-corrected chi connectivity index (χ0v) is 20.1. The lowest BCUT2D eigenvalue weighted by atomic mass is 9.87. The van der Waals surface area contributed by atoms with Gasteiger partial charge in [0.05, 0.1) is 0 Å². The second-order valence-electron chi connectivity index (χ2n) is 9.88. The molecule has 3 rings (SSSR count). The molecule has 0 aromatic heterocycles. The summed E-state index contributed by atoms with van der Waals surface area (Å²) in [6.45, 7) is 8.15. The molecule has 0 unspecified atom stereocenters. The van der Waals surface area contributed by atoms with Gasteiger partial charge in [-0.1, -0.05) is 57.9 Å². The van der Waals surface area contributed by atoms with Gasteiger partial charge < -0.3 is 15.0 Å². The normalized spacial score (nSPS) is 15.2. The third-order valence-electron chi connectivity index (χ3n) is 6.22. The molecule has 0 radical (unpaired) electrons. The van der Waals surface area contributed by atoms with Crippen molar-refractivity contribution in [1.29, 1.82) is 0 Å². The molecule has 1 aliphatic rings. The first kappa shape index (κ1) is 24.7. The smallest absolute Gasteiger partial charge is 0.261 e. The van der Waals surface area contributed by atoms with Gasteiger partial charge in [0.1, 0.15) is 17.6 Å².